The summed E-state index contributed by atoms with van der Waals surface area (Å²) >= 11 is 5.96. The first-order valence-electron chi connectivity index (χ1n) is 5.80. The molecule has 17 heavy (non-hydrogen) atoms. The van der Waals surface area contributed by atoms with Gasteiger partial charge in [-0.15, -0.1) is 0 Å². The first-order valence-corrected chi connectivity index (χ1v) is 6.17. The minimum Gasteiger partial charge on any atom is -0.394 e. The molecule has 0 bridgehead atoms. The van der Waals surface area contributed by atoms with Gasteiger partial charge in [0.2, 0.25) is 0 Å². The SMILES string of the molecule is CC(CO)N(C)C(=O)c1cc(Cl)cn1C1CC1. The Labute approximate surface area is 106 Å². The molecule has 1 aliphatic carbocycles. The maximum atomic E-state index is 12.2. The third-order valence-electron chi connectivity index (χ3n) is 3.22. The highest BCUT2D eigenvalue weighted by atomic mass is 35.5. The molecule has 0 saturated heterocycles. The number of halogens is 1. The molecule has 94 valence electrons. The zero-order valence-electron chi connectivity index (χ0n) is 10.1. The van der Waals surface area contributed by atoms with Gasteiger partial charge >= 0.3 is 0 Å². The van der Waals surface area contributed by atoms with E-state index in [1.54, 1.807) is 18.0 Å². The lowest BCUT2D eigenvalue weighted by atomic mass is 10.3. The van der Waals surface area contributed by atoms with Crippen LogP contribution in [0.1, 0.15) is 36.3 Å². The van der Waals surface area contributed by atoms with Crippen LogP contribution in [0.5, 0.6) is 0 Å². The summed E-state index contributed by atoms with van der Waals surface area (Å²) in [5.41, 5.74) is 0.611. The number of likely N-dealkylation sites (N-methyl/N-ethyl adjacent to an activating group) is 1. The average molecular weight is 257 g/mol. The van der Waals surface area contributed by atoms with Crippen molar-refractivity contribution in [3.05, 3.63) is 23.0 Å². The van der Waals surface area contributed by atoms with Crippen LogP contribution in [0, 0.1) is 0 Å². The van der Waals surface area contributed by atoms with Crippen LogP contribution in [-0.2, 0) is 0 Å². The van der Waals surface area contributed by atoms with Crippen LogP contribution in [0.4, 0.5) is 0 Å². The van der Waals surface area contributed by atoms with Gasteiger partial charge in [0, 0.05) is 19.3 Å². The van der Waals surface area contributed by atoms with Crippen LogP contribution in [0.2, 0.25) is 5.02 Å². The minimum atomic E-state index is -0.191. The third-order valence-corrected chi connectivity index (χ3v) is 3.43. The van der Waals surface area contributed by atoms with Crippen molar-refractivity contribution in [1.82, 2.24) is 9.47 Å². The summed E-state index contributed by atoms with van der Waals surface area (Å²) in [4.78, 5) is 13.8. The van der Waals surface area contributed by atoms with Gasteiger partial charge in [0.25, 0.3) is 5.91 Å². The summed E-state index contributed by atoms with van der Waals surface area (Å²) < 4.78 is 1.95. The Balaban J connectivity index is 2.23. The van der Waals surface area contributed by atoms with E-state index in [-0.39, 0.29) is 18.6 Å². The third kappa shape index (κ3) is 2.48. The summed E-state index contributed by atoms with van der Waals surface area (Å²) in [7, 11) is 1.70. The molecule has 1 amide bonds. The van der Waals surface area contributed by atoms with Gasteiger partial charge in [-0.2, -0.15) is 0 Å². The number of hydrogen-bond donors (Lipinski definition) is 1. The molecule has 4 nitrogen and oxygen atoms in total. The van der Waals surface area contributed by atoms with Gasteiger partial charge < -0.3 is 14.6 Å². The molecule has 1 unspecified atom stereocenters. The standard InChI is InChI=1S/C12H17ClN2O2/c1-8(7-16)14(2)12(17)11-5-9(13)6-15(11)10-3-4-10/h5-6,8,10,16H,3-4,7H2,1-2H3. The second-order valence-corrected chi connectivity index (χ2v) is 5.07. The van der Waals surface area contributed by atoms with Gasteiger partial charge in [-0.05, 0) is 25.8 Å². The van der Waals surface area contributed by atoms with Crippen molar-refractivity contribution >= 4 is 17.5 Å². The van der Waals surface area contributed by atoms with E-state index in [0.29, 0.717) is 16.8 Å². The molecule has 0 spiro atoms. The fraction of sp³-hybridized carbons (Fsp3) is 0.583. The lowest BCUT2D eigenvalue weighted by Gasteiger charge is -2.23. The first-order chi connectivity index (χ1) is 8.04. The Morgan fingerprint density at radius 2 is 2.35 bits per heavy atom. The molecular formula is C12H17ClN2O2. The van der Waals surface area contributed by atoms with E-state index in [1.165, 1.54) is 0 Å². The average Bonchev–Trinajstić information content (AvgIpc) is 3.09. The number of aromatic nitrogens is 1. The Kier molecular flexibility index (Phi) is 3.45. The second kappa shape index (κ2) is 4.70. The quantitative estimate of drug-likeness (QED) is 0.895. The van der Waals surface area contributed by atoms with E-state index >= 15 is 0 Å². The fourth-order valence-electron chi connectivity index (χ4n) is 1.78. The Morgan fingerprint density at radius 1 is 1.71 bits per heavy atom. The van der Waals surface area contributed by atoms with Crippen molar-refractivity contribution in [1.29, 1.82) is 0 Å². The molecule has 5 heteroatoms. The summed E-state index contributed by atoms with van der Waals surface area (Å²) in [6, 6.07) is 1.92. The van der Waals surface area contributed by atoms with Gasteiger partial charge in [-0.3, -0.25) is 4.79 Å². The van der Waals surface area contributed by atoms with E-state index in [2.05, 4.69) is 0 Å². The topological polar surface area (TPSA) is 45.5 Å². The fourth-order valence-corrected chi connectivity index (χ4v) is 1.98. The van der Waals surface area contributed by atoms with Crippen molar-refractivity contribution in [2.75, 3.05) is 13.7 Å². The van der Waals surface area contributed by atoms with Gasteiger partial charge in [0.1, 0.15) is 5.69 Å². The number of aliphatic hydroxyl groups is 1. The van der Waals surface area contributed by atoms with Crippen LogP contribution >= 0.6 is 11.6 Å². The monoisotopic (exact) mass is 256 g/mol. The predicted octanol–water partition coefficient (Wildman–Crippen LogP) is 1.93. The molecule has 1 aromatic heterocycles. The van der Waals surface area contributed by atoms with Gasteiger partial charge in [0.05, 0.1) is 17.7 Å². The highest BCUT2D eigenvalue weighted by Gasteiger charge is 2.29. The molecule has 1 N–H and O–H groups in total. The number of hydrogen-bond acceptors (Lipinski definition) is 2. The Bertz CT molecular complexity index is 426. The summed E-state index contributed by atoms with van der Waals surface area (Å²) in [5, 5.41) is 9.66. The van der Waals surface area contributed by atoms with Crippen LogP contribution < -0.4 is 0 Å². The van der Waals surface area contributed by atoms with Crippen LogP contribution in [0.3, 0.4) is 0 Å². The first kappa shape index (κ1) is 12.5. The summed E-state index contributed by atoms with van der Waals surface area (Å²) in [6.07, 6.45) is 4.01. The molecule has 0 radical (unpaired) electrons. The molecule has 1 saturated carbocycles. The van der Waals surface area contributed by atoms with Crippen molar-refractivity contribution in [3.8, 4) is 0 Å². The molecule has 1 aromatic rings. The second-order valence-electron chi connectivity index (χ2n) is 4.63. The van der Waals surface area contributed by atoms with Gasteiger partial charge in [0.15, 0.2) is 0 Å². The smallest absolute Gasteiger partial charge is 0.270 e. The van der Waals surface area contributed by atoms with E-state index in [0.717, 1.165) is 12.8 Å². The Hall–Kier alpha value is -1.00. The van der Waals surface area contributed by atoms with Gasteiger partial charge in [-0.1, -0.05) is 11.6 Å². The number of amides is 1. The molecule has 1 heterocycles. The largest absolute Gasteiger partial charge is 0.394 e. The predicted molar refractivity (Wildman–Crippen MR) is 66.4 cm³/mol. The zero-order valence-corrected chi connectivity index (χ0v) is 10.8. The van der Waals surface area contributed by atoms with E-state index in [9.17, 15) is 4.79 Å². The molecular weight excluding hydrogens is 240 g/mol. The molecule has 1 atom stereocenters. The van der Waals surface area contributed by atoms with Crippen molar-refractivity contribution in [2.45, 2.75) is 31.8 Å². The van der Waals surface area contributed by atoms with Gasteiger partial charge in [-0.25, -0.2) is 0 Å². The molecule has 1 fully saturated rings. The van der Waals surface area contributed by atoms with Crippen molar-refractivity contribution in [3.63, 3.8) is 0 Å². The highest BCUT2D eigenvalue weighted by Crippen LogP contribution is 2.37. The molecule has 2 rings (SSSR count). The van der Waals surface area contributed by atoms with E-state index < -0.39 is 0 Å². The number of rotatable bonds is 4. The maximum absolute atomic E-state index is 12.2. The van der Waals surface area contributed by atoms with E-state index in [4.69, 9.17) is 16.7 Å². The van der Waals surface area contributed by atoms with Crippen molar-refractivity contribution < 1.29 is 9.90 Å². The maximum Gasteiger partial charge on any atom is 0.270 e. The molecule has 0 aromatic carbocycles. The van der Waals surface area contributed by atoms with Crippen LogP contribution in [0.25, 0.3) is 0 Å². The zero-order chi connectivity index (χ0) is 12.6. The summed E-state index contributed by atoms with van der Waals surface area (Å²) in [6.45, 7) is 1.77. The lowest BCUT2D eigenvalue weighted by Crippen LogP contribution is -2.38. The van der Waals surface area contributed by atoms with Crippen LogP contribution in [-0.4, -0.2) is 40.2 Å². The highest BCUT2D eigenvalue weighted by molar-refractivity contribution is 6.31. The lowest BCUT2D eigenvalue weighted by molar-refractivity contribution is 0.0671. The van der Waals surface area contributed by atoms with E-state index in [1.807, 2.05) is 17.7 Å². The minimum absolute atomic E-state index is 0.0416. The number of carbonyl (C=O) groups excluding carboxylic acids is 1. The van der Waals surface area contributed by atoms with Crippen LogP contribution in [0.15, 0.2) is 12.3 Å². The molecule has 1 aliphatic rings. The Morgan fingerprint density at radius 3 is 2.88 bits per heavy atom. The molecule has 0 aliphatic heterocycles. The number of aliphatic hydroxyl groups excluding tert-OH is 1. The van der Waals surface area contributed by atoms with Crippen molar-refractivity contribution in [2.24, 2.45) is 0 Å². The number of carbonyl (C=O) groups is 1. The normalized spacial score (nSPS) is 16.9. The summed E-state index contributed by atoms with van der Waals surface area (Å²) in [5.74, 6) is -0.0923. The number of nitrogens with zero attached hydrogens (tertiary/aromatic N) is 2.